The van der Waals surface area contributed by atoms with Gasteiger partial charge in [-0.1, -0.05) is 60.1 Å². The maximum absolute atomic E-state index is 13.1. The van der Waals surface area contributed by atoms with Crippen LogP contribution in [-0.4, -0.2) is 256 Å². The number of hydrogen-bond donors (Lipinski definition) is 15. The molecule has 4 saturated heterocycles. The second kappa shape index (κ2) is 22.5. The van der Waals surface area contributed by atoms with E-state index in [2.05, 4.69) is 19.9 Å². The van der Waals surface area contributed by atoms with E-state index in [0.717, 1.165) is 5.57 Å². The summed E-state index contributed by atoms with van der Waals surface area (Å²) >= 11 is 0. The molecule has 26 heteroatoms. The standard InChI is InChI=1S/C55H88O26/c1-20-29(60)32(63)35(66)46(73-20)81-44-43(74-21(2)59)50(3,4)16-23-22-10-11-27-52(7)14-13-28(51(5,6)26(52)12-15-53(27,8)54(22,9)41(69)42(70)55(23,44)19-58)77-49-40(80-48-36(67)33(64)30(61)24(17-56)75-48)38(37(68)39(79-49)45(71)72)78-47-34(65)31(62)25(18-57)76-47/h10,20,23-44,46-49,56-58,60-70H,11-19H2,1-9H3,(H,71,72)/t20-,23?,24+,25+,26?,27?,28-,29-,30-,31+,32+,33-,34-,35-,36+,37-,38-,39-,40+,41+,42-,43-,44+,46+,47+,48-,49-,52-,53+,54-,55-/m0/s1. The van der Waals surface area contributed by atoms with Gasteiger partial charge in [-0.05, 0) is 79.4 Å². The zero-order valence-electron chi connectivity index (χ0n) is 47.2. The van der Waals surface area contributed by atoms with Crippen molar-refractivity contribution in [2.45, 2.75) is 248 Å². The van der Waals surface area contributed by atoms with E-state index in [1.165, 1.54) is 13.8 Å². The first-order valence-electron chi connectivity index (χ1n) is 28.4. The molecule has 0 aromatic carbocycles. The normalized spacial score (nSPS) is 54.0. The molecule has 5 aliphatic carbocycles. The van der Waals surface area contributed by atoms with Crippen LogP contribution in [0.25, 0.3) is 0 Å². The molecule has 31 atom stereocenters. The predicted molar refractivity (Wildman–Crippen MR) is 271 cm³/mol. The van der Waals surface area contributed by atoms with Gasteiger partial charge in [0.25, 0.3) is 0 Å². The summed E-state index contributed by atoms with van der Waals surface area (Å²) in [5.74, 6) is -3.46. The van der Waals surface area contributed by atoms with Gasteiger partial charge in [-0.3, -0.25) is 4.79 Å². The molecule has 9 aliphatic rings. The molecule has 8 fully saturated rings. The summed E-state index contributed by atoms with van der Waals surface area (Å²) < 4.78 is 54.9. The Morgan fingerprint density at radius 2 is 1.16 bits per heavy atom. The molecule has 0 aromatic heterocycles. The number of hydrogen-bond acceptors (Lipinski definition) is 25. The topological polar surface area (TPSA) is 421 Å². The van der Waals surface area contributed by atoms with E-state index >= 15 is 0 Å². The molecule has 9 rings (SSSR count). The van der Waals surface area contributed by atoms with Crippen LogP contribution in [0.4, 0.5) is 0 Å². The molecule has 4 aliphatic heterocycles. The zero-order valence-corrected chi connectivity index (χ0v) is 47.2. The second-order valence-corrected chi connectivity index (χ2v) is 26.7. The van der Waals surface area contributed by atoms with E-state index < -0.39 is 217 Å². The first-order chi connectivity index (χ1) is 37.7. The highest BCUT2D eigenvalue weighted by Crippen LogP contribution is 2.76. The van der Waals surface area contributed by atoms with E-state index in [-0.39, 0.29) is 18.3 Å². The predicted octanol–water partition coefficient (Wildman–Crippen LogP) is -3.35. The Morgan fingerprint density at radius 1 is 0.605 bits per heavy atom. The Hall–Kier alpha value is -2.20. The molecule has 4 heterocycles. The number of esters is 1. The third-order valence-electron chi connectivity index (χ3n) is 21.8. The van der Waals surface area contributed by atoms with E-state index in [4.69, 9.17) is 42.6 Å². The molecule has 3 unspecified atom stereocenters. The molecule has 15 N–H and O–H groups in total. The summed E-state index contributed by atoms with van der Waals surface area (Å²) in [5.41, 5.74) is -5.26. The number of aliphatic hydroxyl groups is 14. The highest BCUT2D eigenvalue weighted by molar-refractivity contribution is 5.73. The smallest absolute Gasteiger partial charge is 0.335 e. The summed E-state index contributed by atoms with van der Waals surface area (Å²) in [6, 6.07) is 0. The Labute approximate surface area is 469 Å². The minimum Gasteiger partial charge on any atom is -0.479 e. The number of fused-ring (bicyclic) bond motifs is 7. The van der Waals surface area contributed by atoms with Crippen LogP contribution in [0.2, 0.25) is 0 Å². The van der Waals surface area contributed by atoms with Gasteiger partial charge >= 0.3 is 11.9 Å². The average molecular weight is 1170 g/mol. The lowest BCUT2D eigenvalue weighted by Crippen LogP contribution is -2.77. The van der Waals surface area contributed by atoms with Crippen LogP contribution in [-0.2, 0) is 52.2 Å². The number of aliphatic carboxylic acids is 1. The van der Waals surface area contributed by atoms with Gasteiger partial charge in [-0.15, -0.1) is 0 Å². The number of carbonyl (C=O) groups is 2. The summed E-state index contributed by atoms with van der Waals surface area (Å²) in [7, 11) is 0. The summed E-state index contributed by atoms with van der Waals surface area (Å²) in [6.07, 6.45) is -35.4. The van der Waals surface area contributed by atoms with E-state index in [1.54, 1.807) is 0 Å². The molecule has 4 saturated carbocycles. The van der Waals surface area contributed by atoms with Crippen LogP contribution in [0.15, 0.2) is 11.6 Å². The van der Waals surface area contributed by atoms with Crippen LogP contribution in [0.5, 0.6) is 0 Å². The lowest BCUT2D eigenvalue weighted by Gasteiger charge is -2.73. The molecule has 0 spiro atoms. The van der Waals surface area contributed by atoms with Crippen molar-refractivity contribution >= 4 is 11.9 Å². The number of carboxylic acid groups (broad SMARTS) is 1. The van der Waals surface area contributed by atoms with Gasteiger partial charge in [0, 0.05) is 17.8 Å². The molecule has 0 radical (unpaired) electrons. The maximum atomic E-state index is 13.1. The van der Waals surface area contributed by atoms with Crippen LogP contribution < -0.4 is 0 Å². The number of allylic oxidation sites excluding steroid dienone is 1. The third kappa shape index (κ3) is 9.78. The fourth-order valence-electron chi connectivity index (χ4n) is 17.1. The van der Waals surface area contributed by atoms with Gasteiger partial charge in [-0.2, -0.15) is 0 Å². The van der Waals surface area contributed by atoms with Crippen LogP contribution >= 0.6 is 0 Å². The van der Waals surface area contributed by atoms with Gasteiger partial charge in [-0.25, -0.2) is 4.79 Å². The van der Waals surface area contributed by atoms with Crippen molar-refractivity contribution in [3.63, 3.8) is 0 Å². The van der Waals surface area contributed by atoms with Gasteiger partial charge in [0.1, 0.15) is 91.6 Å². The zero-order chi connectivity index (χ0) is 59.8. The van der Waals surface area contributed by atoms with E-state index in [9.17, 15) is 86.2 Å². The second-order valence-electron chi connectivity index (χ2n) is 26.7. The molecule has 26 nitrogen and oxygen atoms in total. The van der Waals surface area contributed by atoms with Crippen LogP contribution in [0.1, 0.15) is 101 Å². The average Bonchev–Trinajstić information content (AvgIpc) is 3.19. The Kier molecular flexibility index (Phi) is 17.6. The lowest BCUT2D eigenvalue weighted by molar-refractivity contribution is -0.386. The molecular weight excluding hydrogens is 1080 g/mol. The minimum atomic E-state index is -2.14. The highest BCUT2D eigenvalue weighted by atomic mass is 16.8. The molecule has 0 amide bonds. The Balaban J connectivity index is 1.05. The van der Waals surface area contributed by atoms with E-state index in [0.29, 0.717) is 32.1 Å². The molecular formula is C55H88O26. The molecule has 0 bridgehead atoms. The van der Waals surface area contributed by atoms with Crippen molar-refractivity contribution < 1.29 is 129 Å². The quantitative estimate of drug-likeness (QED) is 0.0487. The highest BCUT2D eigenvalue weighted by Gasteiger charge is 2.76. The number of rotatable bonds is 13. The maximum Gasteiger partial charge on any atom is 0.335 e. The van der Waals surface area contributed by atoms with Crippen LogP contribution in [0, 0.1) is 50.2 Å². The van der Waals surface area contributed by atoms with Gasteiger partial charge in [0.05, 0.1) is 49.7 Å². The van der Waals surface area contributed by atoms with Gasteiger partial charge in [0.2, 0.25) is 0 Å². The number of carbonyl (C=O) groups excluding carboxylic acids is 1. The van der Waals surface area contributed by atoms with Crippen molar-refractivity contribution in [3.8, 4) is 0 Å². The van der Waals surface area contributed by atoms with Crippen molar-refractivity contribution in [3.05, 3.63) is 11.6 Å². The third-order valence-corrected chi connectivity index (χ3v) is 21.8. The number of carboxylic acids is 1. The van der Waals surface area contributed by atoms with Gasteiger partial charge in [0.15, 0.2) is 31.3 Å². The monoisotopic (exact) mass is 1160 g/mol. The summed E-state index contributed by atoms with van der Waals surface area (Å²) in [6.45, 7) is 14.3. The first-order valence-corrected chi connectivity index (χ1v) is 28.4. The summed E-state index contributed by atoms with van der Waals surface area (Å²) in [4.78, 5) is 25.8. The van der Waals surface area contributed by atoms with Crippen molar-refractivity contribution in [2.24, 2.45) is 50.2 Å². The summed E-state index contributed by atoms with van der Waals surface area (Å²) in [5, 5.41) is 167. The van der Waals surface area contributed by atoms with Crippen molar-refractivity contribution in [1.82, 2.24) is 0 Å². The SMILES string of the molecule is CC(=O)O[C@H]1[C@@H](O[C@H]2O[C@@H](C)[C@H](O)[C@@H](O)[C@@H]2O)[C@@]2(CO)C(CC1(C)C)C1=CCC3[C@@]4(C)CC[C@H](O[C@H]5O[C@H](C(=O)O)[C@@H](O)[C@H](O[C@H]6O[C@H](CO)[C@@H](O)[C@@H]6O)[C@H]5O[C@@H]5O[C@H](CO)[C@H](O)[C@H](O)[C@H]5O)C(C)(C)C4CC[C@@]3(C)[C@]1(C)[C@H](O)[C@@H]2O. The first kappa shape index (κ1) is 63.3. The molecule has 0 aromatic rings. The Morgan fingerprint density at radius 3 is 1.73 bits per heavy atom. The lowest BCUT2D eigenvalue weighted by atomic mass is 9.32. The number of aliphatic hydroxyl groups excluding tert-OH is 14. The van der Waals surface area contributed by atoms with Crippen LogP contribution in [0.3, 0.4) is 0 Å². The fraction of sp³-hybridized carbons (Fsp3) is 0.927. The Bertz CT molecular complexity index is 2300. The van der Waals surface area contributed by atoms with Crippen molar-refractivity contribution in [2.75, 3.05) is 19.8 Å². The minimum absolute atomic E-state index is 0.183. The number of ether oxygens (including phenoxy) is 9. The molecule has 81 heavy (non-hydrogen) atoms. The molecule has 464 valence electrons. The fourth-order valence-corrected chi connectivity index (χ4v) is 17.1. The largest absolute Gasteiger partial charge is 0.479 e. The van der Waals surface area contributed by atoms with Gasteiger partial charge < -0.3 is 119 Å². The van der Waals surface area contributed by atoms with E-state index in [1.807, 2.05) is 34.6 Å². The van der Waals surface area contributed by atoms with Crippen molar-refractivity contribution in [1.29, 1.82) is 0 Å².